The van der Waals surface area contributed by atoms with Crippen molar-refractivity contribution in [2.24, 2.45) is 5.73 Å². The smallest absolute Gasteiger partial charge is 0.327 e. The minimum atomic E-state index is -0.572. The van der Waals surface area contributed by atoms with Gasteiger partial charge < -0.3 is 15.8 Å². The average Bonchev–Trinajstić information content (AvgIpc) is 2.33. The van der Waals surface area contributed by atoms with Crippen LogP contribution in [0, 0.1) is 0 Å². The van der Waals surface area contributed by atoms with Crippen LogP contribution >= 0.6 is 11.6 Å². The van der Waals surface area contributed by atoms with Crippen LogP contribution in [0.1, 0.15) is 6.92 Å². The van der Waals surface area contributed by atoms with E-state index in [0.717, 1.165) is 4.68 Å². The van der Waals surface area contributed by atoms with Crippen molar-refractivity contribution in [3.63, 3.8) is 0 Å². The van der Waals surface area contributed by atoms with Crippen LogP contribution in [0.2, 0.25) is 5.02 Å². The number of nitrogens with one attached hydrogen (secondary N) is 1. The van der Waals surface area contributed by atoms with Crippen LogP contribution in [-0.4, -0.2) is 35.4 Å². The molecule has 0 aliphatic heterocycles. The number of aromatic nitrogens is 2. The van der Waals surface area contributed by atoms with E-state index in [9.17, 15) is 9.59 Å². The van der Waals surface area contributed by atoms with Crippen LogP contribution < -0.4 is 16.6 Å². The number of esters is 1. The van der Waals surface area contributed by atoms with Gasteiger partial charge in [-0.1, -0.05) is 11.6 Å². The van der Waals surface area contributed by atoms with Crippen molar-refractivity contribution in [3.8, 4) is 0 Å². The Hall–Kier alpha value is -1.60. The van der Waals surface area contributed by atoms with Gasteiger partial charge in [0.15, 0.2) is 0 Å². The molecule has 1 rings (SSSR count). The van der Waals surface area contributed by atoms with E-state index >= 15 is 0 Å². The molecule has 7 nitrogen and oxygen atoms in total. The Bertz CT molecular complexity index is 487. The highest BCUT2D eigenvalue weighted by atomic mass is 35.5. The van der Waals surface area contributed by atoms with Crippen molar-refractivity contribution in [2.75, 3.05) is 19.0 Å². The Balaban J connectivity index is 2.91. The van der Waals surface area contributed by atoms with E-state index in [4.69, 9.17) is 17.3 Å². The van der Waals surface area contributed by atoms with Crippen molar-refractivity contribution in [1.29, 1.82) is 0 Å². The lowest BCUT2D eigenvalue weighted by molar-refractivity contribution is -0.141. The van der Waals surface area contributed by atoms with Gasteiger partial charge in [0.25, 0.3) is 5.56 Å². The van der Waals surface area contributed by atoms with Gasteiger partial charge in [-0.25, -0.2) is 4.68 Å². The van der Waals surface area contributed by atoms with E-state index in [1.165, 1.54) is 13.3 Å². The minimum absolute atomic E-state index is 0.0328. The number of anilines is 1. The third kappa shape index (κ3) is 3.71. The average molecular weight is 275 g/mol. The second-order valence-corrected chi connectivity index (χ2v) is 4.15. The van der Waals surface area contributed by atoms with Gasteiger partial charge in [-0.2, -0.15) is 5.10 Å². The summed E-state index contributed by atoms with van der Waals surface area (Å²) in [7, 11) is 1.23. The van der Waals surface area contributed by atoms with Gasteiger partial charge in [0.2, 0.25) is 0 Å². The van der Waals surface area contributed by atoms with E-state index in [0.29, 0.717) is 12.2 Å². The van der Waals surface area contributed by atoms with Crippen LogP contribution in [0.4, 0.5) is 5.69 Å². The highest BCUT2D eigenvalue weighted by molar-refractivity contribution is 6.32. The van der Waals surface area contributed by atoms with Crippen LogP contribution in [0.15, 0.2) is 11.0 Å². The molecule has 1 heterocycles. The Morgan fingerprint density at radius 2 is 2.39 bits per heavy atom. The first-order chi connectivity index (χ1) is 8.45. The Kier molecular flexibility index (Phi) is 5.11. The number of ether oxygens (including phenoxy) is 1. The third-order valence-electron chi connectivity index (χ3n) is 2.11. The van der Waals surface area contributed by atoms with Crippen LogP contribution in [0.25, 0.3) is 0 Å². The Labute approximate surface area is 109 Å². The molecular formula is C10H15ClN4O3. The molecule has 0 aliphatic carbocycles. The summed E-state index contributed by atoms with van der Waals surface area (Å²) in [5.41, 5.74) is 5.40. The predicted molar refractivity (Wildman–Crippen MR) is 67.7 cm³/mol. The van der Waals surface area contributed by atoms with Gasteiger partial charge in [0.05, 0.1) is 19.0 Å². The summed E-state index contributed by atoms with van der Waals surface area (Å²) in [5, 5.41) is 6.69. The van der Waals surface area contributed by atoms with E-state index in [-0.39, 0.29) is 17.6 Å². The lowest BCUT2D eigenvalue weighted by atomic mass is 10.3. The Morgan fingerprint density at radius 3 is 2.94 bits per heavy atom. The van der Waals surface area contributed by atoms with Crippen LogP contribution in [-0.2, 0) is 16.1 Å². The number of hydrogen-bond donors (Lipinski definition) is 2. The first-order valence-electron chi connectivity index (χ1n) is 5.27. The molecule has 100 valence electrons. The molecule has 3 N–H and O–H groups in total. The molecule has 1 unspecified atom stereocenters. The molecule has 1 aromatic heterocycles. The molecule has 1 aromatic rings. The fourth-order valence-corrected chi connectivity index (χ4v) is 1.37. The van der Waals surface area contributed by atoms with Gasteiger partial charge in [0, 0.05) is 12.6 Å². The van der Waals surface area contributed by atoms with Crippen molar-refractivity contribution < 1.29 is 9.53 Å². The number of carbonyl (C=O) groups is 1. The van der Waals surface area contributed by atoms with Gasteiger partial charge >= 0.3 is 5.97 Å². The standard InChI is InChI=1S/C10H15ClN4O3/c1-6(12)3-13-7-4-14-15(5-8(16)18-2)10(17)9(7)11/h4,6,13H,3,5,12H2,1-2H3. The summed E-state index contributed by atoms with van der Waals surface area (Å²) < 4.78 is 5.38. The lowest BCUT2D eigenvalue weighted by Gasteiger charge is -2.11. The summed E-state index contributed by atoms with van der Waals surface area (Å²) in [6.07, 6.45) is 1.37. The van der Waals surface area contributed by atoms with Crippen LogP contribution in [0.3, 0.4) is 0 Å². The van der Waals surface area contributed by atoms with E-state index in [1.807, 2.05) is 6.92 Å². The molecule has 8 heteroatoms. The Morgan fingerprint density at radius 1 is 1.72 bits per heavy atom. The lowest BCUT2D eigenvalue weighted by Crippen LogP contribution is -2.30. The van der Waals surface area contributed by atoms with Gasteiger partial charge in [0.1, 0.15) is 11.6 Å². The van der Waals surface area contributed by atoms with Crippen molar-refractivity contribution in [2.45, 2.75) is 19.5 Å². The quantitative estimate of drug-likeness (QED) is 0.723. The number of rotatable bonds is 5. The molecule has 18 heavy (non-hydrogen) atoms. The fraction of sp³-hybridized carbons (Fsp3) is 0.500. The van der Waals surface area contributed by atoms with Crippen molar-refractivity contribution >= 4 is 23.3 Å². The summed E-state index contributed by atoms with van der Waals surface area (Å²) in [6.45, 7) is 2.00. The van der Waals surface area contributed by atoms with E-state index < -0.39 is 11.5 Å². The largest absolute Gasteiger partial charge is 0.468 e. The van der Waals surface area contributed by atoms with Gasteiger partial charge in [-0.05, 0) is 6.92 Å². The number of nitrogens with zero attached hydrogens (tertiary/aromatic N) is 2. The van der Waals surface area contributed by atoms with E-state index in [2.05, 4.69) is 15.2 Å². The minimum Gasteiger partial charge on any atom is -0.468 e. The molecule has 0 aliphatic rings. The second-order valence-electron chi connectivity index (χ2n) is 3.77. The maximum Gasteiger partial charge on any atom is 0.327 e. The molecule has 0 saturated carbocycles. The van der Waals surface area contributed by atoms with Crippen LogP contribution in [0.5, 0.6) is 0 Å². The van der Waals surface area contributed by atoms with Gasteiger partial charge in [-0.15, -0.1) is 0 Å². The SMILES string of the molecule is COC(=O)Cn1ncc(NCC(C)N)c(Cl)c1=O. The molecule has 0 bridgehead atoms. The number of hydrogen-bond acceptors (Lipinski definition) is 6. The summed E-state index contributed by atoms with van der Waals surface area (Å²) >= 11 is 5.88. The first kappa shape index (κ1) is 14.5. The summed E-state index contributed by atoms with van der Waals surface area (Å²) in [5.74, 6) is -0.572. The molecule has 0 aromatic carbocycles. The maximum atomic E-state index is 11.8. The van der Waals surface area contributed by atoms with Gasteiger partial charge in [-0.3, -0.25) is 9.59 Å². The second kappa shape index (κ2) is 6.36. The molecule has 0 spiro atoms. The number of halogens is 1. The molecule has 1 atom stereocenters. The molecule has 0 radical (unpaired) electrons. The molecule has 0 saturated heterocycles. The molecule has 0 fully saturated rings. The van der Waals surface area contributed by atoms with E-state index in [1.54, 1.807) is 0 Å². The molecule has 0 amide bonds. The molecular weight excluding hydrogens is 260 g/mol. The van der Waals surface area contributed by atoms with Crippen molar-refractivity contribution in [1.82, 2.24) is 9.78 Å². The monoisotopic (exact) mass is 274 g/mol. The third-order valence-corrected chi connectivity index (χ3v) is 2.47. The number of carbonyl (C=O) groups excluding carboxylic acids is 1. The zero-order valence-corrected chi connectivity index (χ0v) is 10.9. The number of methoxy groups -OCH3 is 1. The highest BCUT2D eigenvalue weighted by Gasteiger charge is 2.12. The maximum absolute atomic E-state index is 11.8. The normalized spacial score (nSPS) is 12.0. The number of nitrogens with two attached hydrogens (primary N) is 1. The predicted octanol–water partition coefficient (Wildman–Crippen LogP) is -0.171. The fourth-order valence-electron chi connectivity index (χ4n) is 1.16. The topological polar surface area (TPSA) is 99.2 Å². The zero-order valence-electron chi connectivity index (χ0n) is 10.1. The summed E-state index contributed by atoms with van der Waals surface area (Å²) in [6, 6.07) is -0.0847. The summed E-state index contributed by atoms with van der Waals surface area (Å²) in [4.78, 5) is 22.8. The first-order valence-corrected chi connectivity index (χ1v) is 5.65. The van der Waals surface area contributed by atoms with Crippen molar-refractivity contribution in [3.05, 3.63) is 21.6 Å². The zero-order chi connectivity index (χ0) is 13.7. The highest BCUT2D eigenvalue weighted by Crippen LogP contribution is 2.14.